The summed E-state index contributed by atoms with van der Waals surface area (Å²) in [6.07, 6.45) is 6.58. The van der Waals surface area contributed by atoms with Crippen molar-refractivity contribution in [3.63, 3.8) is 0 Å². The van der Waals surface area contributed by atoms with E-state index in [-0.39, 0.29) is 5.91 Å². The van der Waals surface area contributed by atoms with Crippen molar-refractivity contribution in [1.29, 1.82) is 0 Å². The van der Waals surface area contributed by atoms with Crippen molar-refractivity contribution in [1.82, 2.24) is 15.1 Å². The van der Waals surface area contributed by atoms with E-state index in [0.717, 1.165) is 35.8 Å². The monoisotopic (exact) mass is 421 g/mol. The minimum Gasteiger partial charge on any atom is -0.463 e. The molecule has 0 aliphatic carbocycles. The zero-order chi connectivity index (χ0) is 21.8. The van der Waals surface area contributed by atoms with Crippen LogP contribution < -0.4 is 10.2 Å². The quantitative estimate of drug-likeness (QED) is 0.575. The van der Waals surface area contributed by atoms with Gasteiger partial charge in [0.25, 0.3) is 5.91 Å². The molecule has 1 saturated heterocycles. The van der Waals surface area contributed by atoms with Gasteiger partial charge < -0.3 is 14.6 Å². The number of nitrogens with zero attached hydrogens (tertiary/aromatic N) is 2. The van der Waals surface area contributed by atoms with Crippen molar-refractivity contribution >= 4 is 5.91 Å². The molecule has 1 aliphatic rings. The third-order valence-corrected chi connectivity index (χ3v) is 6.35. The number of piperidine rings is 1. The summed E-state index contributed by atoms with van der Waals surface area (Å²) < 4.78 is 7.27. The summed E-state index contributed by atoms with van der Waals surface area (Å²) in [5.41, 5.74) is 4.29. The van der Waals surface area contributed by atoms with E-state index >= 15 is 0 Å². The predicted molar refractivity (Wildman–Crippen MR) is 122 cm³/mol. The summed E-state index contributed by atoms with van der Waals surface area (Å²) in [7, 11) is 0. The first-order valence-corrected chi connectivity index (χ1v) is 11.4. The Balaban J connectivity index is 1.50. The largest absolute Gasteiger partial charge is 0.463 e. The molecule has 4 rings (SSSR count). The first-order valence-electron chi connectivity index (χ1n) is 11.4. The molecule has 164 valence electrons. The van der Waals surface area contributed by atoms with Gasteiger partial charge in [-0.15, -0.1) is 0 Å². The number of quaternary nitrogens is 1. The van der Waals surface area contributed by atoms with Crippen molar-refractivity contribution in [3.8, 4) is 17.1 Å². The van der Waals surface area contributed by atoms with Crippen LogP contribution in [0.5, 0.6) is 0 Å². The molecule has 1 unspecified atom stereocenters. The van der Waals surface area contributed by atoms with Crippen LogP contribution in [-0.2, 0) is 0 Å². The maximum atomic E-state index is 13.1. The molecule has 0 bridgehead atoms. The Morgan fingerprint density at radius 1 is 1.26 bits per heavy atom. The third-order valence-electron chi connectivity index (χ3n) is 6.35. The molecule has 1 aliphatic heterocycles. The van der Waals surface area contributed by atoms with E-state index in [1.165, 1.54) is 25.8 Å². The first-order chi connectivity index (χ1) is 15.0. The average molecular weight is 422 g/mol. The highest BCUT2D eigenvalue weighted by Crippen LogP contribution is 2.24. The number of aryl methyl sites for hydroxylation is 2. The number of amides is 1. The number of aromatic nitrogens is 2. The Hall–Kier alpha value is -2.86. The average Bonchev–Trinajstić information content (AvgIpc) is 3.44. The van der Waals surface area contributed by atoms with E-state index in [9.17, 15) is 4.79 Å². The predicted octanol–water partition coefficient (Wildman–Crippen LogP) is 3.33. The Kier molecular flexibility index (Phi) is 6.56. The number of benzene rings is 1. The maximum Gasteiger partial charge on any atom is 0.270 e. The van der Waals surface area contributed by atoms with Crippen LogP contribution in [0.3, 0.4) is 0 Å². The van der Waals surface area contributed by atoms with Crippen molar-refractivity contribution in [2.24, 2.45) is 0 Å². The SMILES string of the molecule is Cc1ccc(C)c(-n2nc(-c3ccco3)cc2C(=O)NCCC[NH+]2CCCC[C@@H]2C)c1. The summed E-state index contributed by atoms with van der Waals surface area (Å²) in [6, 6.07) is 12.4. The minimum atomic E-state index is -0.104. The molecule has 0 radical (unpaired) electrons. The van der Waals surface area contributed by atoms with Gasteiger partial charge in [-0.3, -0.25) is 4.79 Å². The van der Waals surface area contributed by atoms with Crippen LogP contribution in [-0.4, -0.2) is 41.4 Å². The lowest BCUT2D eigenvalue weighted by Gasteiger charge is -2.30. The van der Waals surface area contributed by atoms with Gasteiger partial charge in [0.2, 0.25) is 0 Å². The number of hydrogen-bond acceptors (Lipinski definition) is 3. The molecule has 2 atom stereocenters. The van der Waals surface area contributed by atoms with E-state index in [1.807, 2.05) is 32.0 Å². The molecule has 6 heteroatoms. The maximum absolute atomic E-state index is 13.1. The van der Waals surface area contributed by atoms with Gasteiger partial charge in [0.1, 0.15) is 11.4 Å². The van der Waals surface area contributed by atoms with Crippen LogP contribution in [0, 0.1) is 13.8 Å². The second-order valence-corrected chi connectivity index (χ2v) is 8.76. The van der Waals surface area contributed by atoms with Crippen LogP contribution in [0.4, 0.5) is 0 Å². The summed E-state index contributed by atoms with van der Waals surface area (Å²) in [6.45, 7) is 9.45. The molecule has 0 spiro atoms. The number of carbonyl (C=O) groups is 1. The van der Waals surface area contributed by atoms with Gasteiger partial charge >= 0.3 is 0 Å². The van der Waals surface area contributed by atoms with Crippen LogP contribution in [0.25, 0.3) is 17.1 Å². The zero-order valence-electron chi connectivity index (χ0n) is 18.8. The lowest BCUT2D eigenvalue weighted by atomic mass is 10.0. The van der Waals surface area contributed by atoms with Gasteiger partial charge in [0.15, 0.2) is 5.76 Å². The van der Waals surface area contributed by atoms with Gasteiger partial charge in [-0.05, 0) is 69.4 Å². The Bertz CT molecular complexity index is 1020. The van der Waals surface area contributed by atoms with Gasteiger partial charge in [-0.2, -0.15) is 5.10 Å². The molecule has 2 N–H and O–H groups in total. The Morgan fingerprint density at radius 3 is 2.90 bits per heavy atom. The lowest BCUT2D eigenvalue weighted by Crippen LogP contribution is -3.16. The van der Waals surface area contributed by atoms with Gasteiger partial charge in [-0.1, -0.05) is 12.1 Å². The summed E-state index contributed by atoms with van der Waals surface area (Å²) in [5, 5.41) is 7.83. The van der Waals surface area contributed by atoms with Gasteiger partial charge in [0.05, 0.1) is 31.1 Å². The fraction of sp³-hybridized carbons (Fsp3) is 0.440. The van der Waals surface area contributed by atoms with Crippen LogP contribution >= 0.6 is 0 Å². The smallest absolute Gasteiger partial charge is 0.270 e. The fourth-order valence-electron chi connectivity index (χ4n) is 4.45. The second-order valence-electron chi connectivity index (χ2n) is 8.76. The van der Waals surface area contributed by atoms with Crippen molar-refractivity contribution in [2.75, 3.05) is 19.6 Å². The van der Waals surface area contributed by atoms with E-state index in [4.69, 9.17) is 9.52 Å². The van der Waals surface area contributed by atoms with E-state index in [2.05, 4.69) is 30.4 Å². The highest BCUT2D eigenvalue weighted by atomic mass is 16.3. The topological polar surface area (TPSA) is 64.5 Å². The highest BCUT2D eigenvalue weighted by Gasteiger charge is 2.22. The Labute approximate surface area is 184 Å². The molecular weight excluding hydrogens is 388 g/mol. The molecule has 6 nitrogen and oxygen atoms in total. The number of nitrogens with one attached hydrogen (secondary N) is 2. The number of likely N-dealkylation sites (tertiary alicyclic amines) is 1. The molecule has 31 heavy (non-hydrogen) atoms. The van der Waals surface area contributed by atoms with Crippen LogP contribution in [0.15, 0.2) is 47.1 Å². The van der Waals surface area contributed by atoms with Gasteiger partial charge in [-0.25, -0.2) is 4.68 Å². The number of furan rings is 1. The number of rotatable bonds is 7. The van der Waals surface area contributed by atoms with E-state index in [0.29, 0.717) is 23.7 Å². The number of hydrogen-bond donors (Lipinski definition) is 2. The van der Waals surface area contributed by atoms with Crippen molar-refractivity contribution in [2.45, 2.75) is 52.5 Å². The molecule has 1 fully saturated rings. The molecule has 2 aromatic heterocycles. The number of carbonyl (C=O) groups excluding carboxylic acids is 1. The molecule has 3 aromatic rings. The third kappa shape index (κ3) is 4.90. The first kappa shape index (κ1) is 21.4. The van der Waals surface area contributed by atoms with Gasteiger partial charge in [0, 0.05) is 19.0 Å². The summed E-state index contributed by atoms with van der Waals surface area (Å²) in [5.74, 6) is 0.550. The highest BCUT2D eigenvalue weighted by molar-refractivity contribution is 5.94. The molecule has 3 heterocycles. The molecular formula is C25H33N4O2+. The molecule has 0 saturated carbocycles. The zero-order valence-corrected chi connectivity index (χ0v) is 18.8. The minimum absolute atomic E-state index is 0.104. The second kappa shape index (κ2) is 9.52. The molecule has 1 amide bonds. The standard InChI is InChI=1S/C25H32N4O2/c1-18-10-11-19(2)22(16-18)29-23(17-21(27-29)24-9-6-15-31-24)25(30)26-12-7-14-28-13-5-4-8-20(28)3/h6,9-11,15-17,20H,4-5,7-8,12-14H2,1-3H3,(H,26,30)/p+1/t20-/m0/s1. The Morgan fingerprint density at radius 2 is 2.13 bits per heavy atom. The normalized spacial score (nSPS) is 18.8. The van der Waals surface area contributed by atoms with Crippen LogP contribution in [0.2, 0.25) is 0 Å². The summed E-state index contributed by atoms with van der Waals surface area (Å²) >= 11 is 0. The fourth-order valence-corrected chi connectivity index (χ4v) is 4.45. The van der Waals surface area contributed by atoms with E-state index < -0.39 is 0 Å². The van der Waals surface area contributed by atoms with E-state index in [1.54, 1.807) is 15.8 Å². The lowest BCUT2D eigenvalue weighted by molar-refractivity contribution is -0.928. The van der Waals surface area contributed by atoms with Crippen molar-refractivity contribution in [3.05, 3.63) is 59.5 Å². The summed E-state index contributed by atoms with van der Waals surface area (Å²) in [4.78, 5) is 14.8. The van der Waals surface area contributed by atoms with Crippen LogP contribution in [0.1, 0.15) is 54.2 Å². The molecule has 1 aromatic carbocycles. The van der Waals surface area contributed by atoms with Crippen molar-refractivity contribution < 1.29 is 14.1 Å².